The van der Waals surface area contributed by atoms with Gasteiger partial charge in [0, 0.05) is 18.1 Å². The molecular formula is C16H32N2. The van der Waals surface area contributed by atoms with Crippen LogP contribution in [0.3, 0.4) is 0 Å². The fourth-order valence-electron chi connectivity index (χ4n) is 3.42. The Morgan fingerprint density at radius 3 is 2.44 bits per heavy atom. The molecular weight excluding hydrogens is 220 g/mol. The number of nitrogens with zero attached hydrogens (tertiary/aromatic N) is 1. The minimum Gasteiger partial charge on any atom is -0.372 e. The van der Waals surface area contributed by atoms with Crippen molar-refractivity contribution in [1.82, 2.24) is 10.2 Å². The molecule has 1 rings (SSSR count). The zero-order valence-corrected chi connectivity index (χ0v) is 12.9. The molecule has 0 aromatic rings. The molecule has 1 N–H and O–H groups in total. The maximum absolute atomic E-state index is 4.02. The molecule has 0 saturated carbocycles. The maximum Gasteiger partial charge on any atom is 0.0310 e. The predicted octanol–water partition coefficient (Wildman–Crippen LogP) is 3.64. The van der Waals surface area contributed by atoms with Crippen LogP contribution < -0.4 is 5.32 Å². The summed E-state index contributed by atoms with van der Waals surface area (Å²) in [5, 5.41) is 3.34. The third kappa shape index (κ3) is 4.01. The van der Waals surface area contributed by atoms with E-state index in [1.165, 1.54) is 25.7 Å². The van der Waals surface area contributed by atoms with Crippen LogP contribution in [0.5, 0.6) is 0 Å². The lowest BCUT2D eigenvalue weighted by Gasteiger charge is -2.32. The molecule has 1 saturated heterocycles. The van der Waals surface area contributed by atoms with Gasteiger partial charge in [0.25, 0.3) is 0 Å². The zero-order chi connectivity index (χ0) is 13.7. The van der Waals surface area contributed by atoms with Gasteiger partial charge in [-0.1, -0.05) is 27.4 Å². The summed E-state index contributed by atoms with van der Waals surface area (Å²) in [6.07, 6.45) is 7.33. The molecule has 1 aliphatic heterocycles. The molecule has 0 amide bonds. The van der Waals surface area contributed by atoms with Gasteiger partial charge >= 0.3 is 0 Å². The van der Waals surface area contributed by atoms with Gasteiger partial charge in [-0.05, 0) is 57.7 Å². The van der Waals surface area contributed by atoms with Crippen LogP contribution in [0.4, 0.5) is 0 Å². The van der Waals surface area contributed by atoms with Gasteiger partial charge in [0.2, 0.25) is 0 Å². The summed E-state index contributed by atoms with van der Waals surface area (Å²) < 4.78 is 0. The fourth-order valence-corrected chi connectivity index (χ4v) is 3.42. The second kappa shape index (κ2) is 7.18. The molecule has 4 unspecified atom stereocenters. The largest absolute Gasteiger partial charge is 0.372 e. The Balaban J connectivity index is 2.49. The molecule has 2 heteroatoms. The number of hydrogen-bond acceptors (Lipinski definition) is 2. The fraction of sp³-hybridized carbons (Fsp3) is 0.875. The van der Waals surface area contributed by atoms with Crippen molar-refractivity contribution in [2.45, 2.75) is 71.5 Å². The molecule has 18 heavy (non-hydrogen) atoms. The smallest absolute Gasteiger partial charge is 0.0310 e. The van der Waals surface area contributed by atoms with Crippen LogP contribution in [-0.4, -0.2) is 30.1 Å². The molecule has 106 valence electrons. The monoisotopic (exact) mass is 252 g/mol. The van der Waals surface area contributed by atoms with Gasteiger partial charge in [-0.2, -0.15) is 0 Å². The van der Waals surface area contributed by atoms with Gasteiger partial charge < -0.3 is 10.2 Å². The van der Waals surface area contributed by atoms with Gasteiger partial charge in [-0.15, -0.1) is 0 Å². The first kappa shape index (κ1) is 15.6. The first-order valence-corrected chi connectivity index (χ1v) is 7.56. The molecule has 0 spiro atoms. The quantitative estimate of drug-likeness (QED) is 0.744. The second-order valence-corrected chi connectivity index (χ2v) is 6.44. The number of rotatable bonds is 7. The van der Waals surface area contributed by atoms with E-state index in [0.29, 0.717) is 18.1 Å². The Kier molecular flexibility index (Phi) is 6.20. The van der Waals surface area contributed by atoms with Crippen LogP contribution in [-0.2, 0) is 0 Å². The molecule has 0 aromatic carbocycles. The summed E-state index contributed by atoms with van der Waals surface area (Å²) >= 11 is 0. The summed E-state index contributed by atoms with van der Waals surface area (Å²) in [4.78, 5) is 2.53. The van der Waals surface area contributed by atoms with E-state index < -0.39 is 0 Å². The Morgan fingerprint density at radius 2 is 1.94 bits per heavy atom. The molecule has 1 heterocycles. The molecule has 2 nitrogen and oxygen atoms in total. The topological polar surface area (TPSA) is 15.3 Å². The van der Waals surface area contributed by atoms with Crippen LogP contribution in [0.2, 0.25) is 0 Å². The number of nitrogens with one attached hydrogen (secondary N) is 1. The van der Waals surface area contributed by atoms with E-state index in [2.05, 4.69) is 57.7 Å². The minimum atomic E-state index is 0.625. The van der Waals surface area contributed by atoms with Crippen LogP contribution in [0.1, 0.15) is 53.4 Å². The van der Waals surface area contributed by atoms with Crippen molar-refractivity contribution in [1.29, 1.82) is 0 Å². The van der Waals surface area contributed by atoms with Gasteiger partial charge in [0.1, 0.15) is 0 Å². The molecule has 1 aliphatic rings. The molecule has 1 fully saturated rings. The molecule has 0 aromatic heterocycles. The van der Waals surface area contributed by atoms with Crippen LogP contribution in [0.15, 0.2) is 12.8 Å². The average Bonchev–Trinajstić information content (AvgIpc) is 2.71. The van der Waals surface area contributed by atoms with E-state index in [0.717, 1.165) is 11.8 Å². The average molecular weight is 252 g/mol. The van der Waals surface area contributed by atoms with Crippen molar-refractivity contribution in [3.63, 3.8) is 0 Å². The Bertz CT molecular complexity index is 249. The van der Waals surface area contributed by atoms with E-state index in [-0.39, 0.29) is 0 Å². The predicted molar refractivity (Wildman–Crippen MR) is 80.6 cm³/mol. The van der Waals surface area contributed by atoms with Crippen molar-refractivity contribution in [3.05, 3.63) is 12.8 Å². The van der Waals surface area contributed by atoms with Crippen LogP contribution in [0, 0.1) is 11.8 Å². The molecule has 0 radical (unpaired) electrons. The summed E-state index contributed by atoms with van der Waals surface area (Å²) in [6, 6.07) is 2.05. The summed E-state index contributed by atoms with van der Waals surface area (Å²) in [5.41, 5.74) is 0. The summed E-state index contributed by atoms with van der Waals surface area (Å²) in [5.74, 6) is 1.52. The SMILES string of the molecule is C=CN1C(CC(C)CC(C)NC)CCC1C(C)C. The molecule has 0 bridgehead atoms. The van der Waals surface area contributed by atoms with E-state index >= 15 is 0 Å². The summed E-state index contributed by atoms with van der Waals surface area (Å²) in [7, 11) is 2.05. The highest BCUT2D eigenvalue weighted by molar-refractivity contribution is 4.94. The van der Waals surface area contributed by atoms with Crippen molar-refractivity contribution >= 4 is 0 Å². The zero-order valence-electron chi connectivity index (χ0n) is 12.9. The first-order valence-electron chi connectivity index (χ1n) is 7.56. The second-order valence-electron chi connectivity index (χ2n) is 6.44. The van der Waals surface area contributed by atoms with Gasteiger partial charge in [0.15, 0.2) is 0 Å². The lowest BCUT2D eigenvalue weighted by atomic mass is 9.94. The maximum atomic E-state index is 4.02. The van der Waals surface area contributed by atoms with Crippen molar-refractivity contribution in [2.75, 3.05) is 7.05 Å². The first-order chi connectivity index (χ1) is 8.49. The normalized spacial score (nSPS) is 27.6. The highest BCUT2D eigenvalue weighted by Gasteiger charge is 2.33. The van der Waals surface area contributed by atoms with E-state index in [1.54, 1.807) is 0 Å². The third-order valence-electron chi connectivity index (χ3n) is 4.50. The van der Waals surface area contributed by atoms with E-state index in [1.807, 2.05) is 0 Å². The van der Waals surface area contributed by atoms with Crippen molar-refractivity contribution in [2.24, 2.45) is 11.8 Å². The van der Waals surface area contributed by atoms with Crippen molar-refractivity contribution < 1.29 is 0 Å². The Labute approximate surface area is 114 Å². The third-order valence-corrected chi connectivity index (χ3v) is 4.50. The van der Waals surface area contributed by atoms with Gasteiger partial charge in [-0.25, -0.2) is 0 Å². The van der Waals surface area contributed by atoms with E-state index in [9.17, 15) is 0 Å². The lowest BCUT2D eigenvalue weighted by Crippen LogP contribution is -2.35. The minimum absolute atomic E-state index is 0.625. The number of hydrogen-bond donors (Lipinski definition) is 1. The molecule has 0 aliphatic carbocycles. The van der Waals surface area contributed by atoms with Crippen molar-refractivity contribution in [3.8, 4) is 0 Å². The lowest BCUT2D eigenvalue weighted by molar-refractivity contribution is 0.203. The Morgan fingerprint density at radius 1 is 1.28 bits per heavy atom. The highest BCUT2D eigenvalue weighted by atomic mass is 15.2. The van der Waals surface area contributed by atoms with Crippen LogP contribution >= 0.6 is 0 Å². The summed E-state index contributed by atoms with van der Waals surface area (Å²) in [6.45, 7) is 13.3. The molecule has 4 atom stereocenters. The standard InChI is InChI=1S/C16H32N2/c1-7-18-15(8-9-16(18)12(2)3)11-13(4)10-14(5)17-6/h7,12-17H,1,8-11H2,2-6H3. The van der Waals surface area contributed by atoms with E-state index in [4.69, 9.17) is 0 Å². The van der Waals surface area contributed by atoms with Crippen LogP contribution in [0.25, 0.3) is 0 Å². The van der Waals surface area contributed by atoms with Gasteiger partial charge in [-0.3, -0.25) is 0 Å². The highest BCUT2D eigenvalue weighted by Crippen LogP contribution is 2.33. The number of likely N-dealkylation sites (tertiary alicyclic amines) is 1. The Hall–Kier alpha value is -0.500. The van der Waals surface area contributed by atoms with Gasteiger partial charge in [0.05, 0.1) is 0 Å².